The Hall–Kier alpha value is -3.74. The van der Waals surface area contributed by atoms with Crippen LogP contribution in [0.1, 0.15) is 15.9 Å². The normalized spacial score (nSPS) is 10.8. The highest BCUT2D eigenvalue weighted by molar-refractivity contribution is 5.94. The molecule has 2 aromatic heterocycles. The molecule has 7 nitrogen and oxygen atoms in total. The fraction of sp³-hybridized carbons (Fsp3) is 0.0526. The van der Waals surface area contributed by atoms with Crippen molar-refractivity contribution in [2.75, 3.05) is 5.32 Å². The lowest BCUT2D eigenvalue weighted by Gasteiger charge is -2.12. The predicted molar refractivity (Wildman–Crippen MR) is 99.6 cm³/mol. The number of hydrogen-bond donors (Lipinski definition) is 2. The van der Waals surface area contributed by atoms with Crippen molar-refractivity contribution < 1.29 is 4.79 Å². The number of anilines is 2. The van der Waals surface area contributed by atoms with E-state index < -0.39 is 5.91 Å². The maximum Gasteiger partial charge on any atom is 0.248 e. The first kappa shape index (κ1) is 15.8. The molecule has 0 unspecified atom stereocenters. The van der Waals surface area contributed by atoms with Crippen molar-refractivity contribution >= 4 is 28.6 Å². The van der Waals surface area contributed by atoms with Crippen molar-refractivity contribution in [1.29, 1.82) is 0 Å². The van der Waals surface area contributed by atoms with Gasteiger partial charge in [0.2, 0.25) is 11.9 Å². The third-order valence-corrected chi connectivity index (χ3v) is 4.12. The number of nitrogens with two attached hydrogens (primary N) is 1. The average molecular weight is 344 g/mol. The Kier molecular flexibility index (Phi) is 3.81. The Morgan fingerprint density at radius 2 is 2.00 bits per heavy atom. The predicted octanol–water partition coefficient (Wildman–Crippen LogP) is 2.97. The second-order valence-corrected chi connectivity index (χ2v) is 5.85. The number of carbonyl (C=O) groups excluding carboxylic acids is 1. The van der Waals surface area contributed by atoms with Crippen LogP contribution < -0.4 is 11.1 Å². The van der Waals surface area contributed by atoms with Gasteiger partial charge in [-0.1, -0.05) is 18.2 Å². The molecule has 0 saturated heterocycles. The van der Waals surface area contributed by atoms with Gasteiger partial charge >= 0.3 is 0 Å². The molecular weight excluding hydrogens is 328 g/mol. The molecule has 0 spiro atoms. The summed E-state index contributed by atoms with van der Waals surface area (Å²) in [5.74, 6) is 0.812. The number of benzene rings is 2. The fourth-order valence-corrected chi connectivity index (χ4v) is 2.79. The van der Waals surface area contributed by atoms with Crippen LogP contribution in [0.25, 0.3) is 16.9 Å². The minimum atomic E-state index is -0.475. The van der Waals surface area contributed by atoms with Crippen LogP contribution in [0.2, 0.25) is 0 Å². The number of nitrogens with zero attached hydrogens (tertiary/aromatic N) is 4. The van der Waals surface area contributed by atoms with Crippen LogP contribution in [0.3, 0.4) is 0 Å². The molecule has 0 fully saturated rings. The van der Waals surface area contributed by atoms with Gasteiger partial charge in [-0.05, 0) is 42.8 Å². The first-order valence-corrected chi connectivity index (χ1v) is 8.05. The van der Waals surface area contributed by atoms with Crippen LogP contribution in [0.4, 0.5) is 11.6 Å². The van der Waals surface area contributed by atoms with Crippen LogP contribution >= 0.6 is 0 Å². The summed E-state index contributed by atoms with van der Waals surface area (Å²) in [6.07, 6.45) is 3.17. The number of amides is 1. The summed E-state index contributed by atoms with van der Waals surface area (Å²) in [4.78, 5) is 24.5. The summed E-state index contributed by atoms with van der Waals surface area (Å²) in [5.41, 5.74) is 9.31. The summed E-state index contributed by atoms with van der Waals surface area (Å²) in [7, 11) is 0. The zero-order valence-electron chi connectivity index (χ0n) is 14.0. The van der Waals surface area contributed by atoms with E-state index in [1.165, 1.54) is 6.33 Å². The summed E-state index contributed by atoms with van der Waals surface area (Å²) < 4.78 is 1.91. The molecule has 4 rings (SSSR count). The van der Waals surface area contributed by atoms with Gasteiger partial charge in [-0.2, -0.15) is 0 Å². The summed E-state index contributed by atoms with van der Waals surface area (Å²) in [6, 6.07) is 14.9. The van der Waals surface area contributed by atoms with E-state index in [-0.39, 0.29) is 0 Å². The number of carbonyl (C=O) groups is 1. The lowest BCUT2D eigenvalue weighted by molar-refractivity contribution is 0.100. The quantitative estimate of drug-likeness (QED) is 0.593. The van der Waals surface area contributed by atoms with Gasteiger partial charge in [0.25, 0.3) is 0 Å². The van der Waals surface area contributed by atoms with E-state index in [9.17, 15) is 4.79 Å². The Labute approximate surface area is 149 Å². The molecule has 128 valence electrons. The van der Waals surface area contributed by atoms with Gasteiger partial charge in [0.1, 0.15) is 12.1 Å². The fourth-order valence-electron chi connectivity index (χ4n) is 2.79. The molecule has 2 aromatic carbocycles. The third kappa shape index (κ3) is 2.75. The van der Waals surface area contributed by atoms with Gasteiger partial charge in [-0.3, -0.25) is 9.36 Å². The van der Waals surface area contributed by atoms with Crippen LogP contribution in [0.5, 0.6) is 0 Å². The van der Waals surface area contributed by atoms with Crippen molar-refractivity contribution in [1.82, 2.24) is 19.5 Å². The highest BCUT2D eigenvalue weighted by Crippen LogP contribution is 2.27. The topological polar surface area (TPSA) is 98.7 Å². The molecule has 0 aliphatic rings. The van der Waals surface area contributed by atoms with Crippen LogP contribution in [-0.4, -0.2) is 25.4 Å². The molecule has 26 heavy (non-hydrogen) atoms. The number of primary amides is 1. The minimum absolute atomic E-state index is 0.433. The second kappa shape index (κ2) is 6.29. The first-order chi connectivity index (χ1) is 12.6. The molecule has 3 N–H and O–H groups in total. The van der Waals surface area contributed by atoms with Crippen molar-refractivity contribution in [2.45, 2.75) is 6.92 Å². The van der Waals surface area contributed by atoms with E-state index >= 15 is 0 Å². The van der Waals surface area contributed by atoms with Crippen LogP contribution in [0, 0.1) is 6.92 Å². The van der Waals surface area contributed by atoms with Crippen molar-refractivity contribution in [3.8, 4) is 5.82 Å². The van der Waals surface area contributed by atoms with E-state index in [1.807, 2.05) is 47.9 Å². The summed E-state index contributed by atoms with van der Waals surface area (Å²) in [6.45, 7) is 1.95. The van der Waals surface area contributed by atoms with Crippen molar-refractivity contribution in [3.05, 3.63) is 72.2 Å². The molecule has 0 saturated carbocycles. The van der Waals surface area contributed by atoms with Gasteiger partial charge in [-0.15, -0.1) is 0 Å². The molecule has 7 heteroatoms. The monoisotopic (exact) mass is 344 g/mol. The SMILES string of the molecule is Cc1ccc(C(N)=O)cc1Nc1nc2ccccc2n1-c1ccncn1. The lowest BCUT2D eigenvalue weighted by atomic mass is 10.1. The van der Waals surface area contributed by atoms with Crippen LogP contribution in [0.15, 0.2) is 61.1 Å². The number of aryl methyl sites for hydroxylation is 1. The van der Waals surface area contributed by atoms with E-state index in [0.29, 0.717) is 17.3 Å². The standard InChI is InChI=1S/C19H16N6O/c1-12-6-7-13(18(20)26)10-15(12)24-19-23-14-4-2-3-5-16(14)25(19)17-8-9-21-11-22-17/h2-11H,1H3,(H2,20,26)(H,23,24). The number of imidazole rings is 1. The molecule has 0 radical (unpaired) electrons. The highest BCUT2D eigenvalue weighted by Gasteiger charge is 2.14. The number of rotatable bonds is 4. The number of aromatic nitrogens is 4. The third-order valence-electron chi connectivity index (χ3n) is 4.12. The molecule has 4 aromatic rings. The molecule has 2 heterocycles. The molecule has 0 aliphatic carbocycles. The number of fused-ring (bicyclic) bond motifs is 1. The molecule has 0 bridgehead atoms. The largest absolute Gasteiger partial charge is 0.366 e. The smallest absolute Gasteiger partial charge is 0.248 e. The van der Waals surface area contributed by atoms with Gasteiger partial charge in [0, 0.05) is 17.4 Å². The Morgan fingerprint density at radius 3 is 2.77 bits per heavy atom. The van der Waals surface area contributed by atoms with Gasteiger partial charge in [0.15, 0.2) is 0 Å². The highest BCUT2D eigenvalue weighted by atomic mass is 16.1. The molecule has 1 amide bonds. The number of nitrogens with one attached hydrogen (secondary N) is 1. The summed E-state index contributed by atoms with van der Waals surface area (Å²) in [5, 5.41) is 3.31. The Balaban J connectivity index is 1.88. The van der Waals surface area contributed by atoms with E-state index in [2.05, 4.69) is 20.3 Å². The van der Waals surface area contributed by atoms with Gasteiger partial charge in [-0.25, -0.2) is 15.0 Å². The lowest BCUT2D eigenvalue weighted by Crippen LogP contribution is -2.12. The van der Waals surface area contributed by atoms with Crippen LogP contribution in [-0.2, 0) is 0 Å². The minimum Gasteiger partial charge on any atom is -0.366 e. The average Bonchev–Trinajstić information content (AvgIpc) is 3.02. The maximum atomic E-state index is 11.5. The van der Waals surface area contributed by atoms with E-state index in [0.717, 1.165) is 22.3 Å². The molecule has 0 aliphatic heterocycles. The maximum absolute atomic E-state index is 11.5. The zero-order valence-corrected chi connectivity index (χ0v) is 14.0. The van der Waals surface area contributed by atoms with E-state index in [1.54, 1.807) is 18.3 Å². The van der Waals surface area contributed by atoms with Crippen molar-refractivity contribution in [2.24, 2.45) is 5.73 Å². The molecular formula is C19H16N6O. The van der Waals surface area contributed by atoms with Gasteiger partial charge in [0.05, 0.1) is 11.0 Å². The van der Waals surface area contributed by atoms with Gasteiger partial charge < -0.3 is 11.1 Å². The molecule has 0 atom stereocenters. The summed E-state index contributed by atoms with van der Waals surface area (Å²) >= 11 is 0. The first-order valence-electron chi connectivity index (χ1n) is 8.05. The number of hydrogen-bond acceptors (Lipinski definition) is 5. The Bertz CT molecular complexity index is 1100. The van der Waals surface area contributed by atoms with Crippen molar-refractivity contribution in [3.63, 3.8) is 0 Å². The second-order valence-electron chi connectivity index (χ2n) is 5.85. The Morgan fingerprint density at radius 1 is 1.15 bits per heavy atom. The zero-order chi connectivity index (χ0) is 18.1. The number of para-hydroxylation sites is 2. The van der Waals surface area contributed by atoms with E-state index in [4.69, 9.17) is 5.73 Å².